The minimum absolute atomic E-state index is 0.327. The maximum absolute atomic E-state index is 5.65. The standard InChI is InChI=1S/C14H17N3/c1-9(2)11-4-6-12(7-5-11)13-8-10(3)16-14(15)17-13/h4-9H,1-3H3,(H2,15,16,17). The van der Waals surface area contributed by atoms with Gasteiger partial charge in [0.1, 0.15) is 0 Å². The van der Waals surface area contributed by atoms with E-state index >= 15 is 0 Å². The van der Waals surface area contributed by atoms with Gasteiger partial charge in [0.15, 0.2) is 0 Å². The molecule has 88 valence electrons. The van der Waals surface area contributed by atoms with E-state index in [0.717, 1.165) is 17.0 Å². The number of nitrogens with two attached hydrogens (primary N) is 1. The highest BCUT2D eigenvalue weighted by atomic mass is 15.0. The van der Waals surface area contributed by atoms with Crippen molar-refractivity contribution in [3.05, 3.63) is 41.6 Å². The van der Waals surface area contributed by atoms with Gasteiger partial charge in [-0.2, -0.15) is 0 Å². The van der Waals surface area contributed by atoms with Crippen molar-refractivity contribution in [2.45, 2.75) is 26.7 Å². The first-order valence-electron chi connectivity index (χ1n) is 5.78. The topological polar surface area (TPSA) is 51.8 Å². The van der Waals surface area contributed by atoms with Crippen LogP contribution < -0.4 is 5.73 Å². The van der Waals surface area contributed by atoms with Crippen LogP contribution in [0.5, 0.6) is 0 Å². The number of aryl methyl sites for hydroxylation is 1. The highest BCUT2D eigenvalue weighted by Gasteiger charge is 2.04. The lowest BCUT2D eigenvalue weighted by atomic mass is 10.0. The fourth-order valence-corrected chi connectivity index (χ4v) is 1.78. The van der Waals surface area contributed by atoms with Crippen LogP contribution in [0.3, 0.4) is 0 Å². The molecule has 0 fully saturated rings. The van der Waals surface area contributed by atoms with E-state index in [0.29, 0.717) is 11.9 Å². The van der Waals surface area contributed by atoms with Crippen molar-refractivity contribution in [3.63, 3.8) is 0 Å². The number of hydrogen-bond acceptors (Lipinski definition) is 3. The normalized spacial score (nSPS) is 10.8. The molecule has 0 saturated heterocycles. The second-order valence-electron chi connectivity index (χ2n) is 4.53. The van der Waals surface area contributed by atoms with Gasteiger partial charge in [-0.05, 0) is 24.5 Å². The summed E-state index contributed by atoms with van der Waals surface area (Å²) in [6.07, 6.45) is 0. The van der Waals surface area contributed by atoms with Gasteiger partial charge in [0.05, 0.1) is 5.69 Å². The largest absolute Gasteiger partial charge is 0.368 e. The second kappa shape index (κ2) is 4.53. The summed E-state index contributed by atoms with van der Waals surface area (Å²) in [5.74, 6) is 0.870. The molecule has 2 aromatic rings. The molecule has 0 spiro atoms. The van der Waals surface area contributed by atoms with Crippen LogP contribution >= 0.6 is 0 Å². The highest BCUT2D eigenvalue weighted by Crippen LogP contribution is 2.21. The molecule has 0 amide bonds. The summed E-state index contributed by atoms with van der Waals surface area (Å²) in [5, 5.41) is 0. The monoisotopic (exact) mass is 227 g/mol. The zero-order chi connectivity index (χ0) is 12.4. The van der Waals surface area contributed by atoms with Crippen molar-refractivity contribution in [2.75, 3.05) is 5.73 Å². The molecule has 1 heterocycles. The zero-order valence-corrected chi connectivity index (χ0v) is 10.4. The van der Waals surface area contributed by atoms with Crippen LogP contribution in [-0.2, 0) is 0 Å². The molecular formula is C14H17N3. The minimum atomic E-state index is 0.327. The molecule has 0 unspecified atom stereocenters. The van der Waals surface area contributed by atoms with Crippen LogP contribution in [0.4, 0.5) is 5.95 Å². The number of aromatic nitrogens is 2. The van der Waals surface area contributed by atoms with Gasteiger partial charge in [-0.1, -0.05) is 38.1 Å². The third kappa shape index (κ3) is 2.61. The van der Waals surface area contributed by atoms with Gasteiger partial charge < -0.3 is 5.73 Å². The van der Waals surface area contributed by atoms with Gasteiger partial charge in [0, 0.05) is 11.3 Å². The molecule has 1 aromatic carbocycles. The lowest BCUT2D eigenvalue weighted by Crippen LogP contribution is -1.98. The molecule has 1 aromatic heterocycles. The van der Waals surface area contributed by atoms with Crippen LogP contribution in [0.25, 0.3) is 11.3 Å². The minimum Gasteiger partial charge on any atom is -0.368 e. The Hall–Kier alpha value is -1.90. The Morgan fingerprint density at radius 2 is 1.71 bits per heavy atom. The van der Waals surface area contributed by atoms with Crippen molar-refractivity contribution in [1.29, 1.82) is 0 Å². The van der Waals surface area contributed by atoms with E-state index in [1.807, 2.05) is 13.0 Å². The summed E-state index contributed by atoms with van der Waals surface area (Å²) in [4.78, 5) is 8.32. The smallest absolute Gasteiger partial charge is 0.220 e. The van der Waals surface area contributed by atoms with E-state index in [1.54, 1.807) is 0 Å². The van der Waals surface area contributed by atoms with Gasteiger partial charge in [-0.3, -0.25) is 0 Å². The zero-order valence-electron chi connectivity index (χ0n) is 10.4. The summed E-state index contributed by atoms with van der Waals surface area (Å²) >= 11 is 0. The van der Waals surface area contributed by atoms with E-state index in [2.05, 4.69) is 48.1 Å². The molecule has 17 heavy (non-hydrogen) atoms. The number of benzene rings is 1. The molecule has 0 radical (unpaired) electrons. The summed E-state index contributed by atoms with van der Waals surface area (Å²) in [7, 11) is 0. The molecule has 3 heteroatoms. The van der Waals surface area contributed by atoms with Gasteiger partial charge in [-0.15, -0.1) is 0 Å². The quantitative estimate of drug-likeness (QED) is 0.857. The molecule has 0 saturated carbocycles. The Morgan fingerprint density at radius 1 is 1.06 bits per heavy atom. The van der Waals surface area contributed by atoms with Crippen molar-refractivity contribution < 1.29 is 0 Å². The van der Waals surface area contributed by atoms with Crippen molar-refractivity contribution >= 4 is 5.95 Å². The Morgan fingerprint density at radius 3 is 2.24 bits per heavy atom. The molecule has 0 aliphatic rings. The highest BCUT2D eigenvalue weighted by molar-refractivity contribution is 5.60. The Kier molecular flexibility index (Phi) is 3.09. The number of nitrogens with zero attached hydrogens (tertiary/aromatic N) is 2. The summed E-state index contributed by atoms with van der Waals surface area (Å²) in [6.45, 7) is 6.29. The van der Waals surface area contributed by atoms with Crippen molar-refractivity contribution in [3.8, 4) is 11.3 Å². The van der Waals surface area contributed by atoms with Gasteiger partial charge in [0.25, 0.3) is 0 Å². The summed E-state index contributed by atoms with van der Waals surface area (Å²) in [6, 6.07) is 10.4. The lowest BCUT2D eigenvalue weighted by Gasteiger charge is -2.07. The second-order valence-corrected chi connectivity index (χ2v) is 4.53. The molecule has 2 N–H and O–H groups in total. The first kappa shape index (κ1) is 11.6. The Balaban J connectivity index is 2.39. The molecule has 3 nitrogen and oxygen atoms in total. The molecule has 0 aliphatic carbocycles. The SMILES string of the molecule is Cc1cc(-c2ccc(C(C)C)cc2)nc(N)n1. The number of hydrogen-bond donors (Lipinski definition) is 1. The third-order valence-corrected chi connectivity index (χ3v) is 2.74. The summed E-state index contributed by atoms with van der Waals surface area (Å²) < 4.78 is 0. The van der Waals surface area contributed by atoms with E-state index in [-0.39, 0.29) is 0 Å². The molecule has 0 bridgehead atoms. The summed E-state index contributed by atoms with van der Waals surface area (Å²) in [5.41, 5.74) is 9.82. The third-order valence-electron chi connectivity index (χ3n) is 2.74. The average Bonchev–Trinajstić information content (AvgIpc) is 2.28. The fraction of sp³-hybridized carbons (Fsp3) is 0.286. The predicted molar refractivity (Wildman–Crippen MR) is 70.7 cm³/mol. The van der Waals surface area contributed by atoms with Crippen LogP contribution in [0.2, 0.25) is 0 Å². The van der Waals surface area contributed by atoms with E-state index in [9.17, 15) is 0 Å². The van der Waals surface area contributed by atoms with Crippen LogP contribution in [0, 0.1) is 6.92 Å². The predicted octanol–water partition coefficient (Wildman–Crippen LogP) is 3.16. The lowest BCUT2D eigenvalue weighted by molar-refractivity contribution is 0.867. The van der Waals surface area contributed by atoms with Crippen molar-refractivity contribution in [1.82, 2.24) is 9.97 Å². The Labute approximate surface area is 102 Å². The maximum atomic E-state index is 5.65. The number of anilines is 1. The average molecular weight is 227 g/mol. The molecule has 2 rings (SSSR count). The number of rotatable bonds is 2. The van der Waals surface area contributed by atoms with Crippen LogP contribution in [-0.4, -0.2) is 9.97 Å². The van der Waals surface area contributed by atoms with Crippen molar-refractivity contribution in [2.24, 2.45) is 0 Å². The van der Waals surface area contributed by atoms with Crippen LogP contribution in [0.1, 0.15) is 31.0 Å². The van der Waals surface area contributed by atoms with Gasteiger partial charge >= 0.3 is 0 Å². The fourth-order valence-electron chi connectivity index (χ4n) is 1.78. The molecule has 0 atom stereocenters. The number of nitrogen functional groups attached to an aromatic ring is 1. The van der Waals surface area contributed by atoms with E-state index in [1.165, 1.54) is 5.56 Å². The first-order valence-corrected chi connectivity index (χ1v) is 5.78. The van der Waals surface area contributed by atoms with Gasteiger partial charge in [0.2, 0.25) is 5.95 Å². The maximum Gasteiger partial charge on any atom is 0.220 e. The molecule has 0 aliphatic heterocycles. The van der Waals surface area contributed by atoms with Gasteiger partial charge in [-0.25, -0.2) is 9.97 Å². The first-order chi connectivity index (χ1) is 8.06. The van der Waals surface area contributed by atoms with E-state index in [4.69, 9.17) is 5.73 Å². The molecular weight excluding hydrogens is 210 g/mol. The van der Waals surface area contributed by atoms with E-state index < -0.39 is 0 Å². The van der Waals surface area contributed by atoms with Crippen LogP contribution in [0.15, 0.2) is 30.3 Å². The Bertz CT molecular complexity index is 495.